The van der Waals surface area contributed by atoms with E-state index in [9.17, 15) is 13.2 Å². The molecule has 30 heavy (non-hydrogen) atoms. The first-order chi connectivity index (χ1) is 14.5. The van der Waals surface area contributed by atoms with Crippen molar-refractivity contribution in [1.29, 1.82) is 0 Å². The molecule has 0 unspecified atom stereocenters. The number of rotatable bonds is 5. The Kier molecular flexibility index (Phi) is 5.46. The minimum Gasteiger partial charge on any atom is -0.495 e. The number of sulfonamides is 1. The maximum absolute atomic E-state index is 13.0. The van der Waals surface area contributed by atoms with E-state index in [1.54, 1.807) is 47.4 Å². The highest BCUT2D eigenvalue weighted by atomic mass is 32.2. The van der Waals surface area contributed by atoms with Crippen LogP contribution in [0.25, 0.3) is 0 Å². The van der Waals surface area contributed by atoms with Gasteiger partial charge in [0.15, 0.2) is 0 Å². The van der Waals surface area contributed by atoms with E-state index < -0.39 is 10.0 Å². The summed E-state index contributed by atoms with van der Waals surface area (Å²) in [5.41, 5.74) is 2.75. The molecule has 1 aliphatic rings. The van der Waals surface area contributed by atoms with E-state index in [2.05, 4.69) is 4.72 Å². The molecule has 3 aromatic rings. The molecule has 0 aromatic heterocycles. The molecule has 1 amide bonds. The lowest BCUT2D eigenvalue weighted by Gasteiger charge is -2.30. The number of nitrogens with zero attached hydrogens (tertiary/aromatic N) is 1. The number of hydrogen-bond donors (Lipinski definition) is 1. The molecule has 0 saturated carbocycles. The monoisotopic (exact) mass is 422 g/mol. The normalized spacial score (nSPS) is 13.4. The second-order valence-corrected chi connectivity index (χ2v) is 8.68. The zero-order valence-corrected chi connectivity index (χ0v) is 17.4. The largest absolute Gasteiger partial charge is 0.495 e. The quantitative estimate of drug-likeness (QED) is 0.672. The van der Waals surface area contributed by atoms with Crippen molar-refractivity contribution in [3.05, 3.63) is 83.9 Å². The SMILES string of the molecule is COc1ccccc1S(=O)(=O)Nc1ccc2c(c1)N(C(=O)c1ccccc1)CCC2. The fourth-order valence-corrected chi connectivity index (χ4v) is 4.86. The molecule has 1 heterocycles. The summed E-state index contributed by atoms with van der Waals surface area (Å²) in [7, 11) is -2.42. The van der Waals surface area contributed by atoms with Crippen LogP contribution in [0.3, 0.4) is 0 Å². The summed E-state index contributed by atoms with van der Waals surface area (Å²) < 4.78 is 33.6. The Morgan fingerprint density at radius 1 is 1.00 bits per heavy atom. The predicted octanol–water partition coefficient (Wildman–Crippen LogP) is 4.09. The van der Waals surface area contributed by atoms with Gasteiger partial charge in [-0.3, -0.25) is 9.52 Å². The van der Waals surface area contributed by atoms with Gasteiger partial charge in [0, 0.05) is 17.8 Å². The van der Waals surface area contributed by atoms with E-state index in [1.165, 1.54) is 13.2 Å². The maximum atomic E-state index is 13.0. The molecule has 0 radical (unpaired) electrons. The summed E-state index contributed by atoms with van der Waals surface area (Å²) >= 11 is 0. The first-order valence-corrected chi connectivity index (χ1v) is 11.1. The second kappa shape index (κ2) is 8.20. The summed E-state index contributed by atoms with van der Waals surface area (Å²) in [6, 6.07) is 20.9. The highest BCUT2D eigenvalue weighted by Crippen LogP contribution is 2.33. The number of amides is 1. The fraction of sp³-hybridized carbons (Fsp3) is 0.174. The van der Waals surface area contributed by atoms with Crippen LogP contribution in [0.2, 0.25) is 0 Å². The summed E-state index contributed by atoms with van der Waals surface area (Å²) in [4.78, 5) is 14.8. The Bertz CT molecular complexity index is 1180. The number of fused-ring (bicyclic) bond motifs is 1. The molecule has 3 aromatic carbocycles. The fourth-order valence-electron chi connectivity index (χ4n) is 3.64. The lowest BCUT2D eigenvalue weighted by molar-refractivity contribution is 0.0985. The van der Waals surface area contributed by atoms with Gasteiger partial charge in [0.25, 0.3) is 15.9 Å². The van der Waals surface area contributed by atoms with Gasteiger partial charge >= 0.3 is 0 Å². The van der Waals surface area contributed by atoms with E-state index in [0.29, 0.717) is 17.8 Å². The molecule has 7 heteroatoms. The topological polar surface area (TPSA) is 75.7 Å². The molecule has 154 valence electrons. The third-order valence-electron chi connectivity index (χ3n) is 5.08. The van der Waals surface area contributed by atoms with Gasteiger partial charge in [-0.2, -0.15) is 0 Å². The number of methoxy groups -OCH3 is 1. The molecule has 0 bridgehead atoms. The average molecular weight is 423 g/mol. The lowest BCUT2D eigenvalue weighted by Crippen LogP contribution is -2.35. The van der Waals surface area contributed by atoms with E-state index in [0.717, 1.165) is 24.1 Å². The number of aryl methyl sites for hydroxylation is 1. The molecule has 6 nitrogen and oxygen atoms in total. The predicted molar refractivity (Wildman–Crippen MR) is 117 cm³/mol. The number of benzene rings is 3. The molecular formula is C23H22N2O4S. The van der Waals surface area contributed by atoms with Gasteiger partial charge in [-0.25, -0.2) is 8.42 Å². The highest BCUT2D eigenvalue weighted by molar-refractivity contribution is 7.92. The van der Waals surface area contributed by atoms with Crippen LogP contribution in [0, 0.1) is 0 Å². The number of hydrogen-bond acceptors (Lipinski definition) is 4. The van der Waals surface area contributed by atoms with Crippen molar-refractivity contribution in [1.82, 2.24) is 0 Å². The standard InChI is InChI=1S/C23H22N2O4S/c1-29-21-11-5-6-12-22(21)30(27,28)24-19-14-13-17-10-7-15-25(20(17)16-19)23(26)18-8-3-2-4-9-18/h2-6,8-9,11-14,16,24H,7,10,15H2,1H3. The number of ether oxygens (including phenoxy) is 1. The van der Waals surface area contributed by atoms with Crippen molar-refractivity contribution in [3.63, 3.8) is 0 Å². The van der Waals surface area contributed by atoms with Gasteiger partial charge in [0.05, 0.1) is 12.8 Å². The molecule has 0 atom stereocenters. The minimum absolute atomic E-state index is 0.0578. The van der Waals surface area contributed by atoms with Gasteiger partial charge in [-0.1, -0.05) is 36.4 Å². The Labute approximate surface area is 176 Å². The van der Waals surface area contributed by atoms with E-state index in [1.807, 2.05) is 24.3 Å². The summed E-state index contributed by atoms with van der Waals surface area (Å²) in [6.07, 6.45) is 1.70. The molecule has 0 aliphatic carbocycles. The Morgan fingerprint density at radius 2 is 1.73 bits per heavy atom. The first kappa shape index (κ1) is 20.0. The van der Waals surface area contributed by atoms with Crippen LogP contribution in [0.1, 0.15) is 22.3 Å². The van der Waals surface area contributed by atoms with Crippen LogP contribution in [-0.4, -0.2) is 28.0 Å². The van der Waals surface area contributed by atoms with Gasteiger partial charge in [0.1, 0.15) is 10.6 Å². The Balaban J connectivity index is 1.67. The van der Waals surface area contributed by atoms with Crippen LogP contribution >= 0.6 is 0 Å². The van der Waals surface area contributed by atoms with Gasteiger partial charge in [-0.05, 0) is 54.8 Å². The summed E-state index contributed by atoms with van der Waals surface area (Å²) in [6.45, 7) is 0.587. The van der Waals surface area contributed by atoms with Crippen molar-refractivity contribution in [2.45, 2.75) is 17.7 Å². The number of anilines is 2. The van der Waals surface area contributed by atoms with Crippen LogP contribution in [0.5, 0.6) is 5.75 Å². The van der Waals surface area contributed by atoms with Crippen LogP contribution < -0.4 is 14.4 Å². The number of nitrogens with one attached hydrogen (secondary N) is 1. The van der Waals surface area contributed by atoms with E-state index in [-0.39, 0.29) is 16.6 Å². The third kappa shape index (κ3) is 3.89. The van der Waals surface area contributed by atoms with Crippen LogP contribution in [0.4, 0.5) is 11.4 Å². The van der Waals surface area contributed by atoms with Gasteiger partial charge < -0.3 is 9.64 Å². The minimum atomic E-state index is -3.85. The van der Waals surface area contributed by atoms with Crippen LogP contribution in [-0.2, 0) is 16.4 Å². The van der Waals surface area contributed by atoms with Crippen molar-refractivity contribution >= 4 is 27.3 Å². The lowest BCUT2D eigenvalue weighted by atomic mass is 10.00. The van der Waals surface area contributed by atoms with Gasteiger partial charge in [-0.15, -0.1) is 0 Å². The Hall–Kier alpha value is -3.32. The molecule has 0 fully saturated rings. The number of carbonyl (C=O) groups is 1. The smallest absolute Gasteiger partial charge is 0.265 e. The summed E-state index contributed by atoms with van der Waals surface area (Å²) in [5, 5.41) is 0. The van der Waals surface area contributed by atoms with Gasteiger partial charge in [0.2, 0.25) is 0 Å². The van der Waals surface area contributed by atoms with Crippen molar-refractivity contribution in [3.8, 4) is 5.75 Å². The first-order valence-electron chi connectivity index (χ1n) is 9.65. The molecule has 0 saturated heterocycles. The molecule has 0 spiro atoms. The van der Waals surface area contributed by atoms with Crippen molar-refractivity contribution < 1.29 is 17.9 Å². The molecule has 1 aliphatic heterocycles. The second-order valence-electron chi connectivity index (χ2n) is 7.03. The van der Waals surface area contributed by atoms with Crippen molar-refractivity contribution in [2.24, 2.45) is 0 Å². The Morgan fingerprint density at radius 3 is 2.50 bits per heavy atom. The van der Waals surface area contributed by atoms with E-state index >= 15 is 0 Å². The molecule has 4 rings (SSSR count). The van der Waals surface area contributed by atoms with Crippen molar-refractivity contribution in [2.75, 3.05) is 23.3 Å². The highest BCUT2D eigenvalue weighted by Gasteiger charge is 2.25. The summed E-state index contributed by atoms with van der Waals surface area (Å²) in [5.74, 6) is 0.171. The molecular weight excluding hydrogens is 400 g/mol. The molecule has 1 N–H and O–H groups in total. The zero-order valence-electron chi connectivity index (χ0n) is 16.5. The zero-order chi connectivity index (χ0) is 21.1. The van der Waals surface area contributed by atoms with E-state index in [4.69, 9.17) is 4.74 Å². The third-order valence-corrected chi connectivity index (χ3v) is 6.50. The number of para-hydroxylation sites is 1. The number of carbonyl (C=O) groups excluding carboxylic acids is 1. The average Bonchev–Trinajstić information content (AvgIpc) is 2.78. The maximum Gasteiger partial charge on any atom is 0.265 e. The van der Waals surface area contributed by atoms with Crippen LogP contribution in [0.15, 0.2) is 77.7 Å².